The minimum Gasteiger partial charge on any atom is -0.373 e. The Morgan fingerprint density at radius 3 is 2.64 bits per heavy atom. The summed E-state index contributed by atoms with van der Waals surface area (Å²) in [5.74, 6) is -0.849. The van der Waals surface area contributed by atoms with Crippen LogP contribution in [-0.4, -0.2) is 27.0 Å². The molecular weight excluding hydrogens is 188 g/mol. The molecule has 1 rings (SSSR count). The molecule has 0 radical (unpaired) electrons. The lowest BCUT2D eigenvalue weighted by Gasteiger charge is -2.00. The van der Waals surface area contributed by atoms with Gasteiger partial charge in [-0.3, -0.25) is 5.32 Å². The molecule has 1 aromatic rings. The summed E-state index contributed by atoms with van der Waals surface area (Å²) in [7, 11) is 0. The Labute approximate surface area is 78.8 Å². The van der Waals surface area contributed by atoms with Gasteiger partial charge in [0.25, 0.3) is 0 Å². The van der Waals surface area contributed by atoms with Crippen molar-refractivity contribution in [3.8, 4) is 0 Å². The van der Waals surface area contributed by atoms with E-state index in [4.69, 9.17) is 0 Å². The van der Waals surface area contributed by atoms with Gasteiger partial charge in [-0.15, -0.1) is 0 Å². The maximum absolute atomic E-state index is 10.9. The maximum atomic E-state index is 10.9. The average molecular weight is 194 g/mol. The van der Waals surface area contributed by atoms with Crippen molar-refractivity contribution in [2.75, 3.05) is 5.32 Å². The summed E-state index contributed by atoms with van der Waals surface area (Å²) in [4.78, 5) is 32.1. The van der Waals surface area contributed by atoms with Gasteiger partial charge >= 0.3 is 12.1 Å². The number of amides is 1. The molecule has 0 aliphatic carbocycles. The molecule has 1 aromatic heterocycles. The van der Waals surface area contributed by atoms with Crippen LogP contribution in [0.25, 0.3) is 0 Å². The summed E-state index contributed by atoms with van der Waals surface area (Å²) >= 11 is 0. The molecule has 7 heteroatoms. The van der Waals surface area contributed by atoms with E-state index >= 15 is 0 Å². The predicted molar refractivity (Wildman–Crippen MR) is 45.1 cm³/mol. The van der Waals surface area contributed by atoms with Crippen LogP contribution in [0, 0.1) is 0 Å². The van der Waals surface area contributed by atoms with Crippen LogP contribution in [-0.2, 0) is 9.53 Å². The zero-order valence-corrected chi connectivity index (χ0v) is 7.01. The smallest absolute Gasteiger partial charge is 0.373 e. The molecule has 14 heavy (non-hydrogen) atoms. The minimum atomic E-state index is -0.971. The third-order valence-corrected chi connectivity index (χ3v) is 1.07. The van der Waals surface area contributed by atoms with Gasteiger partial charge in [-0.05, 0) is 0 Å². The summed E-state index contributed by atoms with van der Waals surface area (Å²) in [6, 6.07) is 0. The molecule has 0 saturated heterocycles. The molecule has 0 fully saturated rings. The first-order valence-electron chi connectivity index (χ1n) is 3.49. The van der Waals surface area contributed by atoms with E-state index in [1.807, 2.05) is 0 Å². The minimum absolute atomic E-state index is 0.00172. The molecule has 1 amide bonds. The molecule has 0 aliphatic heterocycles. The van der Waals surface area contributed by atoms with Crippen molar-refractivity contribution < 1.29 is 14.3 Å². The van der Waals surface area contributed by atoms with E-state index in [0.29, 0.717) is 0 Å². The fraction of sp³-hybridized carbons (Fsp3) is 0. The SMILES string of the molecule is C=CC(=O)OC(=O)Nc1ncncn1. The van der Waals surface area contributed by atoms with Crippen molar-refractivity contribution in [1.82, 2.24) is 15.0 Å². The van der Waals surface area contributed by atoms with Gasteiger partial charge in [-0.1, -0.05) is 6.58 Å². The van der Waals surface area contributed by atoms with Crippen molar-refractivity contribution in [3.05, 3.63) is 25.3 Å². The van der Waals surface area contributed by atoms with E-state index < -0.39 is 12.1 Å². The number of nitrogens with one attached hydrogen (secondary N) is 1. The van der Waals surface area contributed by atoms with E-state index in [1.54, 1.807) is 0 Å². The van der Waals surface area contributed by atoms with Crippen LogP contribution < -0.4 is 5.32 Å². The largest absolute Gasteiger partial charge is 0.422 e. The lowest BCUT2D eigenvalue weighted by atomic mass is 10.7. The van der Waals surface area contributed by atoms with Gasteiger partial charge in [0, 0.05) is 6.08 Å². The van der Waals surface area contributed by atoms with Gasteiger partial charge in [0.1, 0.15) is 12.7 Å². The Morgan fingerprint density at radius 2 is 2.07 bits per heavy atom. The number of nitrogens with zero attached hydrogens (tertiary/aromatic N) is 3. The highest BCUT2D eigenvalue weighted by Crippen LogP contribution is 1.93. The monoisotopic (exact) mass is 194 g/mol. The molecule has 7 nitrogen and oxygen atoms in total. The summed E-state index contributed by atoms with van der Waals surface area (Å²) < 4.78 is 4.20. The molecule has 1 N–H and O–H groups in total. The zero-order chi connectivity index (χ0) is 10.4. The van der Waals surface area contributed by atoms with E-state index in [0.717, 1.165) is 6.08 Å². The van der Waals surface area contributed by atoms with Crippen LogP contribution >= 0.6 is 0 Å². The molecule has 0 saturated carbocycles. The van der Waals surface area contributed by atoms with Crippen LogP contribution in [0.15, 0.2) is 25.3 Å². The lowest BCUT2D eigenvalue weighted by molar-refractivity contribution is -0.131. The maximum Gasteiger partial charge on any atom is 0.422 e. The van der Waals surface area contributed by atoms with E-state index in [2.05, 4.69) is 31.6 Å². The first-order chi connectivity index (χ1) is 6.72. The standard InChI is InChI=1S/C7H6N4O3/c1-2-5(12)14-7(13)11-6-9-3-8-4-10-6/h2-4H,1H2,(H,8,9,10,11,13). The molecule has 72 valence electrons. The summed E-state index contributed by atoms with van der Waals surface area (Å²) in [6.07, 6.45) is 2.28. The Hall–Kier alpha value is -2.31. The van der Waals surface area contributed by atoms with Gasteiger partial charge in [0.15, 0.2) is 0 Å². The number of carbonyl (C=O) groups excluding carboxylic acids is 2. The second-order valence-electron chi connectivity index (χ2n) is 2.00. The number of rotatable bonds is 2. The normalized spacial score (nSPS) is 8.86. The molecule has 0 unspecified atom stereocenters. The van der Waals surface area contributed by atoms with Gasteiger partial charge in [0.05, 0.1) is 0 Å². The lowest BCUT2D eigenvalue weighted by Crippen LogP contribution is -2.18. The number of hydrogen-bond acceptors (Lipinski definition) is 6. The highest BCUT2D eigenvalue weighted by Gasteiger charge is 2.07. The van der Waals surface area contributed by atoms with Crippen LogP contribution in [0.2, 0.25) is 0 Å². The zero-order valence-electron chi connectivity index (χ0n) is 7.01. The van der Waals surface area contributed by atoms with Crippen LogP contribution in [0.3, 0.4) is 0 Å². The third kappa shape index (κ3) is 2.97. The molecule has 0 atom stereocenters. The number of aromatic nitrogens is 3. The van der Waals surface area contributed by atoms with Gasteiger partial charge < -0.3 is 4.74 Å². The van der Waals surface area contributed by atoms with Gasteiger partial charge in [-0.2, -0.15) is 0 Å². The van der Waals surface area contributed by atoms with Crippen molar-refractivity contribution in [2.45, 2.75) is 0 Å². The molecule has 0 aliphatic rings. The van der Waals surface area contributed by atoms with Gasteiger partial charge in [-0.25, -0.2) is 24.5 Å². The summed E-state index contributed by atoms with van der Waals surface area (Å²) in [5.41, 5.74) is 0. The van der Waals surface area contributed by atoms with Crippen molar-refractivity contribution in [2.24, 2.45) is 0 Å². The topological polar surface area (TPSA) is 94.1 Å². The Bertz CT molecular complexity index is 351. The number of esters is 1. The predicted octanol–water partition coefficient (Wildman–Crippen LogP) is 0.133. The first kappa shape index (κ1) is 9.78. The number of ether oxygens (including phenoxy) is 1. The Balaban J connectivity index is 2.50. The molecule has 0 aromatic carbocycles. The number of anilines is 1. The Kier molecular flexibility index (Phi) is 3.25. The van der Waals surface area contributed by atoms with E-state index in [9.17, 15) is 9.59 Å². The fourth-order valence-corrected chi connectivity index (χ4v) is 0.554. The fourth-order valence-electron chi connectivity index (χ4n) is 0.554. The number of carbonyl (C=O) groups is 2. The summed E-state index contributed by atoms with van der Waals surface area (Å²) in [5, 5.41) is 2.12. The van der Waals surface area contributed by atoms with Crippen molar-refractivity contribution in [3.63, 3.8) is 0 Å². The van der Waals surface area contributed by atoms with Crippen molar-refractivity contribution in [1.29, 1.82) is 0 Å². The Morgan fingerprint density at radius 1 is 1.43 bits per heavy atom. The van der Waals surface area contributed by atoms with Crippen LogP contribution in [0.4, 0.5) is 10.7 Å². The van der Waals surface area contributed by atoms with E-state index in [1.165, 1.54) is 12.7 Å². The van der Waals surface area contributed by atoms with Crippen LogP contribution in [0.1, 0.15) is 0 Å². The first-order valence-corrected chi connectivity index (χ1v) is 3.49. The van der Waals surface area contributed by atoms with E-state index in [-0.39, 0.29) is 5.95 Å². The highest BCUT2D eigenvalue weighted by atomic mass is 16.6. The second kappa shape index (κ2) is 4.65. The van der Waals surface area contributed by atoms with Gasteiger partial charge in [0.2, 0.25) is 5.95 Å². The molecule has 1 heterocycles. The summed E-state index contributed by atoms with van der Waals surface area (Å²) in [6.45, 7) is 3.12. The number of hydrogen-bond donors (Lipinski definition) is 1. The average Bonchev–Trinajstić information content (AvgIpc) is 2.19. The second-order valence-corrected chi connectivity index (χ2v) is 2.00. The highest BCUT2D eigenvalue weighted by molar-refractivity contribution is 5.95. The molecule has 0 spiro atoms. The molecular formula is C7H6N4O3. The quantitative estimate of drug-likeness (QED) is 0.408. The third-order valence-electron chi connectivity index (χ3n) is 1.07. The van der Waals surface area contributed by atoms with Crippen molar-refractivity contribution >= 4 is 18.0 Å². The molecule has 0 bridgehead atoms. The van der Waals surface area contributed by atoms with Crippen LogP contribution in [0.5, 0.6) is 0 Å².